The number of nitrogens with two attached hydrogens (primary N) is 1. The number of carbonyl (C=O) groups is 2. The van der Waals surface area contributed by atoms with Crippen molar-refractivity contribution < 1.29 is 14.3 Å². The maximum absolute atomic E-state index is 12.9. The molecule has 1 aliphatic carbocycles. The number of hydrogen-bond acceptors (Lipinski definition) is 6. The van der Waals surface area contributed by atoms with E-state index in [0.29, 0.717) is 10.6 Å². The van der Waals surface area contributed by atoms with Crippen LogP contribution in [-0.2, 0) is 22.4 Å². The maximum Gasteiger partial charge on any atom is 0.251 e. The van der Waals surface area contributed by atoms with Crippen LogP contribution in [0.4, 0.5) is 5.00 Å². The fourth-order valence-corrected chi connectivity index (χ4v) is 6.25. The summed E-state index contributed by atoms with van der Waals surface area (Å²) in [5, 5.41) is 3.66. The highest BCUT2D eigenvalue weighted by molar-refractivity contribution is 7.17. The molecule has 0 radical (unpaired) electrons. The van der Waals surface area contributed by atoms with Crippen molar-refractivity contribution in [3.63, 3.8) is 0 Å². The number of anilines is 1. The highest BCUT2D eigenvalue weighted by atomic mass is 32.1. The van der Waals surface area contributed by atoms with Crippen molar-refractivity contribution in [1.29, 1.82) is 0 Å². The van der Waals surface area contributed by atoms with E-state index in [-0.39, 0.29) is 11.9 Å². The first-order valence-electron chi connectivity index (χ1n) is 11.3. The van der Waals surface area contributed by atoms with E-state index in [1.165, 1.54) is 22.6 Å². The van der Waals surface area contributed by atoms with Crippen LogP contribution in [0.25, 0.3) is 0 Å². The Morgan fingerprint density at radius 2 is 1.93 bits per heavy atom. The van der Waals surface area contributed by atoms with Gasteiger partial charge in [-0.1, -0.05) is 0 Å². The van der Waals surface area contributed by atoms with Gasteiger partial charge < -0.3 is 15.8 Å². The summed E-state index contributed by atoms with van der Waals surface area (Å²) in [6.45, 7) is 8.84. The Balaban J connectivity index is 1.27. The van der Waals surface area contributed by atoms with Gasteiger partial charge in [0.1, 0.15) is 5.00 Å². The Hall–Kier alpha value is -1.48. The fourth-order valence-electron chi connectivity index (χ4n) is 4.95. The first-order valence-corrected chi connectivity index (χ1v) is 12.1. The van der Waals surface area contributed by atoms with Crippen LogP contribution in [0, 0.1) is 5.92 Å². The van der Waals surface area contributed by atoms with Crippen molar-refractivity contribution in [2.75, 3.05) is 51.3 Å². The molecule has 30 heavy (non-hydrogen) atoms. The molecule has 3 heterocycles. The summed E-state index contributed by atoms with van der Waals surface area (Å²) in [5.41, 5.74) is 7.21. The number of hydrogen-bond donors (Lipinski definition) is 2. The number of carbonyl (C=O) groups excluding carboxylic acids is 2. The smallest absolute Gasteiger partial charge is 0.251 e. The van der Waals surface area contributed by atoms with Crippen molar-refractivity contribution in [1.82, 2.24) is 9.80 Å². The van der Waals surface area contributed by atoms with Gasteiger partial charge in [-0.15, -0.1) is 11.3 Å². The van der Waals surface area contributed by atoms with Gasteiger partial charge in [-0.25, -0.2) is 0 Å². The molecule has 0 aromatic carbocycles. The molecule has 2 amide bonds. The second kappa shape index (κ2) is 9.77. The van der Waals surface area contributed by atoms with Gasteiger partial charge >= 0.3 is 0 Å². The Kier molecular flexibility index (Phi) is 7.08. The number of aryl methyl sites for hydroxylation is 1. The lowest BCUT2D eigenvalue weighted by Gasteiger charge is -2.36. The van der Waals surface area contributed by atoms with Gasteiger partial charge in [0.15, 0.2) is 0 Å². The molecule has 166 valence electrons. The number of morpholine rings is 1. The number of likely N-dealkylation sites (tertiary alicyclic amines) is 1. The molecule has 1 aromatic heterocycles. The van der Waals surface area contributed by atoms with Crippen LogP contribution in [0.15, 0.2) is 0 Å². The molecule has 0 saturated carbocycles. The average molecular weight is 435 g/mol. The number of piperidine rings is 1. The van der Waals surface area contributed by atoms with Crippen LogP contribution >= 0.6 is 11.3 Å². The lowest BCUT2D eigenvalue weighted by atomic mass is 9.92. The Morgan fingerprint density at radius 1 is 1.20 bits per heavy atom. The van der Waals surface area contributed by atoms with Gasteiger partial charge in [-0.2, -0.15) is 0 Å². The van der Waals surface area contributed by atoms with E-state index in [0.717, 1.165) is 89.5 Å². The molecule has 1 unspecified atom stereocenters. The number of nitrogens with one attached hydrogen (secondary N) is 1. The van der Waals surface area contributed by atoms with E-state index in [4.69, 9.17) is 10.5 Å². The summed E-state index contributed by atoms with van der Waals surface area (Å²) in [6.07, 6.45) is 6.43. The summed E-state index contributed by atoms with van der Waals surface area (Å²) in [5.74, 6) is 0.267. The van der Waals surface area contributed by atoms with Crippen LogP contribution in [0.5, 0.6) is 0 Å². The van der Waals surface area contributed by atoms with Crippen LogP contribution < -0.4 is 11.1 Å². The van der Waals surface area contributed by atoms with Crippen LogP contribution in [0.3, 0.4) is 0 Å². The number of amides is 2. The lowest BCUT2D eigenvalue weighted by molar-refractivity contribution is -0.121. The second-order valence-electron chi connectivity index (χ2n) is 8.81. The lowest BCUT2D eigenvalue weighted by Crippen LogP contribution is -2.46. The van der Waals surface area contributed by atoms with Crippen molar-refractivity contribution >= 4 is 28.2 Å². The molecule has 0 bridgehead atoms. The molecule has 4 rings (SSSR count). The zero-order valence-electron chi connectivity index (χ0n) is 18.0. The Morgan fingerprint density at radius 3 is 2.63 bits per heavy atom. The first-order chi connectivity index (χ1) is 14.5. The summed E-state index contributed by atoms with van der Waals surface area (Å²) in [4.78, 5) is 30.8. The standard InChI is InChI=1S/C22H34N4O3S/c1-15(21(28)24-22-19(20(23)27)17-3-2-4-18(17)30-22)26-9-6-16(7-10-26)5-8-25-11-13-29-14-12-25/h15-16H,2-14H2,1H3,(H2,23,27)(H,24,28). The van der Waals surface area contributed by atoms with Gasteiger partial charge in [-0.3, -0.25) is 19.4 Å². The van der Waals surface area contributed by atoms with Crippen molar-refractivity contribution in [3.8, 4) is 0 Å². The molecule has 8 heteroatoms. The van der Waals surface area contributed by atoms with E-state index in [1.54, 1.807) is 0 Å². The normalized spacial score (nSPS) is 22.0. The molecule has 7 nitrogen and oxygen atoms in total. The topological polar surface area (TPSA) is 87.9 Å². The Bertz CT molecular complexity index is 767. The number of fused-ring (bicyclic) bond motifs is 1. The quantitative estimate of drug-likeness (QED) is 0.686. The summed E-state index contributed by atoms with van der Waals surface area (Å²) in [6, 6.07) is -0.206. The minimum absolute atomic E-state index is 0.0378. The van der Waals surface area contributed by atoms with Crippen molar-refractivity contribution in [2.45, 2.75) is 51.5 Å². The summed E-state index contributed by atoms with van der Waals surface area (Å²) < 4.78 is 5.42. The molecule has 2 saturated heterocycles. The third-order valence-corrected chi connectivity index (χ3v) is 8.15. The molecular formula is C22H34N4O3S. The van der Waals surface area contributed by atoms with E-state index in [1.807, 2.05) is 6.92 Å². The molecule has 0 spiro atoms. The monoisotopic (exact) mass is 434 g/mol. The SMILES string of the molecule is CC(C(=O)Nc1sc2c(c1C(N)=O)CCC2)N1CCC(CCN2CCOCC2)CC1. The highest BCUT2D eigenvalue weighted by Crippen LogP contribution is 2.39. The number of primary amides is 1. The zero-order chi connectivity index (χ0) is 21.1. The average Bonchev–Trinajstić information content (AvgIpc) is 3.33. The molecule has 3 aliphatic rings. The summed E-state index contributed by atoms with van der Waals surface area (Å²) >= 11 is 1.52. The molecular weight excluding hydrogens is 400 g/mol. The minimum Gasteiger partial charge on any atom is -0.379 e. The van der Waals surface area contributed by atoms with Crippen LogP contribution in [0.1, 0.15) is 53.4 Å². The van der Waals surface area contributed by atoms with Gasteiger partial charge in [0.25, 0.3) is 5.91 Å². The largest absolute Gasteiger partial charge is 0.379 e. The molecule has 2 aliphatic heterocycles. The van der Waals surface area contributed by atoms with Crippen molar-refractivity contribution in [2.24, 2.45) is 11.7 Å². The predicted octanol–water partition coefficient (Wildman–Crippen LogP) is 2.10. The summed E-state index contributed by atoms with van der Waals surface area (Å²) in [7, 11) is 0. The predicted molar refractivity (Wildman–Crippen MR) is 119 cm³/mol. The molecule has 1 aromatic rings. The van der Waals surface area contributed by atoms with Gasteiger partial charge in [-0.05, 0) is 76.6 Å². The third kappa shape index (κ3) is 4.88. The maximum atomic E-state index is 12.9. The molecule has 1 atom stereocenters. The van der Waals surface area contributed by atoms with Crippen molar-refractivity contribution in [3.05, 3.63) is 16.0 Å². The van der Waals surface area contributed by atoms with Gasteiger partial charge in [0.05, 0.1) is 24.8 Å². The number of rotatable bonds is 7. The van der Waals surface area contributed by atoms with E-state index in [2.05, 4.69) is 15.1 Å². The first kappa shape index (κ1) is 21.7. The molecule has 2 fully saturated rings. The molecule has 3 N–H and O–H groups in total. The van der Waals surface area contributed by atoms with Gasteiger partial charge in [0.2, 0.25) is 5.91 Å². The zero-order valence-corrected chi connectivity index (χ0v) is 18.8. The van der Waals surface area contributed by atoms with E-state index in [9.17, 15) is 9.59 Å². The third-order valence-electron chi connectivity index (χ3n) is 6.94. The minimum atomic E-state index is -0.432. The number of thiophene rings is 1. The number of nitrogens with zero attached hydrogens (tertiary/aromatic N) is 2. The second-order valence-corrected chi connectivity index (χ2v) is 9.92. The van der Waals surface area contributed by atoms with Crippen LogP contribution in [0.2, 0.25) is 0 Å². The number of ether oxygens (including phenoxy) is 1. The van der Waals surface area contributed by atoms with E-state index < -0.39 is 5.91 Å². The van der Waals surface area contributed by atoms with Gasteiger partial charge in [0, 0.05) is 18.0 Å². The highest BCUT2D eigenvalue weighted by Gasteiger charge is 2.30. The Labute approximate surface area is 182 Å². The van der Waals surface area contributed by atoms with Crippen LogP contribution in [-0.4, -0.2) is 73.6 Å². The van der Waals surface area contributed by atoms with E-state index >= 15 is 0 Å². The fraction of sp³-hybridized carbons (Fsp3) is 0.727.